The number of hydrogen-bond donors (Lipinski definition) is 1. The Labute approximate surface area is 107 Å². The molecule has 2 N–H and O–H groups in total. The molecule has 6 heteroatoms. The summed E-state index contributed by atoms with van der Waals surface area (Å²) in [6, 6.07) is 5.49. The fourth-order valence-electron chi connectivity index (χ4n) is 2.28. The van der Waals surface area contributed by atoms with Crippen molar-refractivity contribution >= 4 is 10.0 Å². The van der Waals surface area contributed by atoms with Crippen LogP contribution in [0.5, 0.6) is 0 Å². The van der Waals surface area contributed by atoms with Gasteiger partial charge in [0.2, 0.25) is 10.0 Å². The van der Waals surface area contributed by atoms with Crippen LogP contribution in [0, 0.1) is 11.7 Å². The van der Waals surface area contributed by atoms with E-state index in [0.29, 0.717) is 19.6 Å². The van der Waals surface area contributed by atoms with Crippen LogP contribution in [0.1, 0.15) is 12.8 Å². The van der Waals surface area contributed by atoms with Crippen molar-refractivity contribution in [3.05, 3.63) is 30.1 Å². The molecular weight excluding hydrogens is 255 g/mol. The lowest BCUT2D eigenvalue weighted by molar-refractivity contribution is 0.444. The first-order chi connectivity index (χ1) is 8.55. The third kappa shape index (κ3) is 2.55. The Morgan fingerprint density at radius 3 is 2.78 bits per heavy atom. The highest BCUT2D eigenvalue weighted by atomic mass is 32.2. The first kappa shape index (κ1) is 13.5. The Balaban J connectivity index is 2.21. The molecule has 0 radical (unpaired) electrons. The van der Waals surface area contributed by atoms with Crippen molar-refractivity contribution in [1.82, 2.24) is 4.31 Å². The van der Waals surface area contributed by atoms with Crippen molar-refractivity contribution in [3.63, 3.8) is 0 Å². The molecule has 1 heterocycles. The van der Waals surface area contributed by atoms with Crippen LogP contribution in [0.2, 0.25) is 0 Å². The van der Waals surface area contributed by atoms with Crippen molar-refractivity contribution < 1.29 is 12.8 Å². The van der Waals surface area contributed by atoms with Gasteiger partial charge in [-0.15, -0.1) is 0 Å². The summed E-state index contributed by atoms with van der Waals surface area (Å²) in [7, 11) is -3.70. The minimum atomic E-state index is -3.70. The van der Waals surface area contributed by atoms with Crippen molar-refractivity contribution in [3.8, 4) is 0 Å². The van der Waals surface area contributed by atoms with Crippen LogP contribution in [0.25, 0.3) is 0 Å². The van der Waals surface area contributed by atoms with Gasteiger partial charge in [0.25, 0.3) is 0 Å². The molecule has 1 aromatic rings. The fourth-order valence-corrected chi connectivity index (χ4v) is 3.88. The summed E-state index contributed by atoms with van der Waals surface area (Å²) < 4.78 is 39.4. The molecule has 1 atom stereocenters. The molecule has 4 nitrogen and oxygen atoms in total. The zero-order chi connectivity index (χ0) is 13.2. The molecule has 0 aliphatic carbocycles. The van der Waals surface area contributed by atoms with E-state index in [4.69, 9.17) is 5.73 Å². The summed E-state index contributed by atoms with van der Waals surface area (Å²) in [5, 5.41) is 0. The van der Waals surface area contributed by atoms with Crippen molar-refractivity contribution in [2.45, 2.75) is 17.7 Å². The van der Waals surface area contributed by atoms with Crippen LogP contribution in [-0.2, 0) is 10.0 Å². The van der Waals surface area contributed by atoms with Crippen molar-refractivity contribution in [2.75, 3.05) is 19.6 Å². The predicted octanol–water partition coefficient (Wildman–Crippen LogP) is 1.19. The highest BCUT2D eigenvalue weighted by Gasteiger charge is 2.33. The number of rotatable bonds is 4. The van der Waals surface area contributed by atoms with E-state index < -0.39 is 15.8 Å². The molecule has 1 unspecified atom stereocenters. The molecule has 100 valence electrons. The van der Waals surface area contributed by atoms with E-state index in [1.165, 1.54) is 28.6 Å². The molecule has 1 aliphatic heterocycles. The highest BCUT2D eigenvalue weighted by molar-refractivity contribution is 7.89. The average Bonchev–Trinajstić information content (AvgIpc) is 2.79. The second-order valence-electron chi connectivity index (χ2n) is 4.53. The van der Waals surface area contributed by atoms with E-state index in [-0.39, 0.29) is 10.8 Å². The summed E-state index contributed by atoms with van der Waals surface area (Å²) in [5.41, 5.74) is 5.47. The summed E-state index contributed by atoms with van der Waals surface area (Å²) in [6.45, 7) is 1.44. The Kier molecular flexibility index (Phi) is 3.99. The second-order valence-corrected chi connectivity index (χ2v) is 6.43. The molecule has 18 heavy (non-hydrogen) atoms. The van der Waals surface area contributed by atoms with Gasteiger partial charge in [0.05, 0.1) is 0 Å². The maximum atomic E-state index is 13.6. The SMILES string of the molecule is NCCC1CCN(S(=O)(=O)c2ccccc2F)C1. The topological polar surface area (TPSA) is 63.4 Å². The van der Waals surface area contributed by atoms with Gasteiger partial charge in [-0.3, -0.25) is 0 Å². The van der Waals surface area contributed by atoms with E-state index in [1.807, 2.05) is 0 Å². The fraction of sp³-hybridized carbons (Fsp3) is 0.500. The predicted molar refractivity (Wildman–Crippen MR) is 66.9 cm³/mol. The zero-order valence-electron chi connectivity index (χ0n) is 10.0. The summed E-state index contributed by atoms with van der Waals surface area (Å²) in [6.07, 6.45) is 1.61. The number of benzene rings is 1. The molecule has 2 rings (SSSR count). The largest absolute Gasteiger partial charge is 0.330 e. The number of halogens is 1. The van der Waals surface area contributed by atoms with E-state index in [2.05, 4.69) is 0 Å². The lowest BCUT2D eigenvalue weighted by atomic mass is 10.1. The summed E-state index contributed by atoms with van der Waals surface area (Å²) in [4.78, 5) is -0.238. The van der Waals surface area contributed by atoms with Crippen LogP contribution >= 0.6 is 0 Å². The van der Waals surface area contributed by atoms with E-state index >= 15 is 0 Å². The Hall–Kier alpha value is -0.980. The van der Waals surface area contributed by atoms with Gasteiger partial charge < -0.3 is 5.73 Å². The lowest BCUT2D eigenvalue weighted by Gasteiger charge is -2.16. The minimum Gasteiger partial charge on any atom is -0.330 e. The molecule has 0 saturated carbocycles. The van der Waals surface area contributed by atoms with E-state index in [0.717, 1.165) is 12.8 Å². The first-order valence-electron chi connectivity index (χ1n) is 6.00. The third-order valence-electron chi connectivity index (χ3n) is 3.28. The van der Waals surface area contributed by atoms with Crippen LogP contribution in [0.15, 0.2) is 29.2 Å². The molecule has 0 aromatic heterocycles. The maximum absolute atomic E-state index is 13.6. The highest BCUT2D eigenvalue weighted by Crippen LogP contribution is 2.26. The van der Waals surface area contributed by atoms with Gasteiger partial charge in [-0.2, -0.15) is 4.31 Å². The Bertz CT molecular complexity index is 519. The quantitative estimate of drug-likeness (QED) is 0.895. The molecule has 1 aromatic carbocycles. The molecule has 1 aliphatic rings. The van der Waals surface area contributed by atoms with Gasteiger partial charge in [0, 0.05) is 13.1 Å². The second kappa shape index (κ2) is 5.34. The van der Waals surface area contributed by atoms with Crippen LogP contribution in [0.4, 0.5) is 4.39 Å². The normalized spacial score (nSPS) is 21.3. The smallest absolute Gasteiger partial charge is 0.245 e. The van der Waals surface area contributed by atoms with Crippen molar-refractivity contribution in [1.29, 1.82) is 0 Å². The molecule has 0 amide bonds. The molecule has 1 saturated heterocycles. The Morgan fingerprint density at radius 1 is 1.39 bits per heavy atom. The van der Waals surface area contributed by atoms with Crippen molar-refractivity contribution in [2.24, 2.45) is 11.7 Å². The van der Waals surface area contributed by atoms with Crippen LogP contribution in [-0.4, -0.2) is 32.4 Å². The minimum absolute atomic E-state index is 0.238. The van der Waals surface area contributed by atoms with E-state index in [9.17, 15) is 12.8 Å². The van der Waals surface area contributed by atoms with Crippen LogP contribution < -0.4 is 5.73 Å². The van der Waals surface area contributed by atoms with Gasteiger partial charge in [-0.1, -0.05) is 12.1 Å². The maximum Gasteiger partial charge on any atom is 0.245 e. The number of nitrogens with zero attached hydrogens (tertiary/aromatic N) is 1. The summed E-state index contributed by atoms with van der Waals surface area (Å²) >= 11 is 0. The van der Waals surface area contributed by atoms with Gasteiger partial charge >= 0.3 is 0 Å². The monoisotopic (exact) mass is 272 g/mol. The lowest BCUT2D eigenvalue weighted by Crippen LogP contribution is -2.29. The number of sulfonamides is 1. The molecule has 1 fully saturated rings. The molecular formula is C12H17FN2O2S. The zero-order valence-corrected chi connectivity index (χ0v) is 10.9. The van der Waals surface area contributed by atoms with Gasteiger partial charge in [0.15, 0.2) is 0 Å². The Morgan fingerprint density at radius 2 is 2.11 bits per heavy atom. The molecule has 0 spiro atoms. The average molecular weight is 272 g/mol. The number of nitrogens with two attached hydrogens (primary N) is 1. The third-order valence-corrected chi connectivity index (χ3v) is 5.18. The van der Waals surface area contributed by atoms with Gasteiger partial charge in [-0.25, -0.2) is 12.8 Å². The standard InChI is InChI=1S/C12H17FN2O2S/c13-11-3-1-2-4-12(11)18(16,17)15-8-6-10(9-15)5-7-14/h1-4,10H,5-9,14H2. The van der Waals surface area contributed by atoms with E-state index in [1.54, 1.807) is 0 Å². The molecule has 0 bridgehead atoms. The first-order valence-corrected chi connectivity index (χ1v) is 7.44. The van der Waals surface area contributed by atoms with Gasteiger partial charge in [-0.05, 0) is 37.4 Å². The van der Waals surface area contributed by atoms with Crippen LogP contribution in [0.3, 0.4) is 0 Å². The number of hydrogen-bond acceptors (Lipinski definition) is 3. The van der Waals surface area contributed by atoms with Gasteiger partial charge in [0.1, 0.15) is 10.7 Å². The summed E-state index contributed by atoms with van der Waals surface area (Å²) in [5.74, 6) is -0.406.